The number of ether oxygens (including phenoxy) is 3. The van der Waals surface area contributed by atoms with Crippen LogP contribution in [0.15, 0.2) is 48.5 Å². The quantitative estimate of drug-likeness (QED) is 0.644. The Morgan fingerprint density at radius 3 is 2.69 bits per heavy atom. The SMILES string of the molecule is COc1cccc(COc2cccc3c4c(c(C(=O)O)cc23)CCC(C)(C)O4)c1. The highest BCUT2D eigenvalue weighted by atomic mass is 16.5. The number of carboxylic acids is 1. The van der Waals surface area contributed by atoms with Gasteiger partial charge in [0.1, 0.15) is 29.5 Å². The smallest absolute Gasteiger partial charge is 0.336 e. The molecule has 0 aliphatic carbocycles. The average Bonchev–Trinajstić information content (AvgIpc) is 2.71. The van der Waals surface area contributed by atoms with Gasteiger partial charge in [-0.2, -0.15) is 0 Å². The maximum absolute atomic E-state index is 11.9. The third kappa shape index (κ3) is 3.73. The van der Waals surface area contributed by atoms with Gasteiger partial charge in [-0.3, -0.25) is 0 Å². The van der Waals surface area contributed by atoms with E-state index in [2.05, 4.69) is 0 Å². The summed E-state index contributed by atoms with van der Waals surface area (Å²) < 4.78 is 17.6. The lowest BCUT2D eigenvalue weighted by atomic mass is 9.89. The number of carbonyl (C=O) groups is 1. The monoisotopic (exact) mass is 392 g/mol. The van der Waals surface area contributed by atoms with Gasteiger partial charge in [0.15, 0.2) is 0 Å². The van der Waals surface area contributed by atoms with Gasteiger partial charge in [-0.05, 0) is 56.5 Å². The van der Waals surface area contributed by atoms with E-state index in [9.17, 15) is 9.90 Å². The number of carboxylic acid groups (broad SMARTS) is 1. The number of fused-ring (bicyclic) bond motifs is 3. The van der Waals surface area contributed by atoms with Gasteiger partial charge in [-0.1, -0.05) is 24.3 Å². The van der Waals surface area contributed by atoms with Crippen molar-refractivity contribution in [3.05, 3.63) is 65.2 Å². The predicted molar refractivity (Wildman–Crippen MR) is 111 cm³/mol. The molecule has 29 heavy (non-hydrogen) atoms. The molecule has 0 radical (unpaired) electrons. The molecular formula is C24H24O5. The molecule has 3 aromatic carbocycles. The van der Waals surface area contributed by atoms with Crippen molar-refractivity contribution in [3.63, 3.8) is 0 Å². The van der Waals surface area contributed by atoms with E-state index in [4.69, 9.17) is 14.2 Å². The van der Waals surface area contributed by atoms with E-state index in [1.54, 1.807) is 13.2 Å². The molecule has 0 fully saturated rings. The minimum Gasteiger partial charge on any atom is -0.497 e. The van der Waals surface area contributed by atoms with Crippen LogP contribution in [0.1, 0.15) is 41.8 Å². The third-order valence-electron chi connectivity index (χ3n) is 5.31. The highest BCUT2D eigenvalue weighted by Crippen LogP contribution is 2.43. The van der Waals surface area contributed by atoms with Gasteiger partial charge >= 0.3 is 5.97 Å². The Labute approximate surface area is 169 Å². The number of hydrogen-bond acceptors (Lipinski definition) is 4. The maximum atomic E-state index is 11.9. The summed E-state index contributed by atoms with van der Waals surface area (Å²) in [5, 5.41) is 11.4. The number of aromatic carboxylic acids is 1. The largest absolute Gasteiger partial charge is 0.497 e. The molecule has 0 spiro atoms. The van der Waals surface area contributed by atoms with E-state index < -0.39 is 5.97 Å². The second kappa shape index (κ2) is 7.32. The van der Waals surface area contributed by atoms with Crippen LogP contribution in [0.3, 0.4) is 0 Å². The van der Waals surface area contributed by atoms with Crippen molar-refractivity contribution in [2.24, 2.45) is 0 Å². The second-order valence-corrected chi connectivity index (χ2v) is 7.89. The Bertz CT molecular complexity index is 1080. The highest BCUT2D eigenvalue weighted by molar-refractivity contribution is 6.02. The van der Waals surface area contributed by atoms with Crippen molar-refractivity contribution < 1.29 is 24.1 Å². The van der Waals surface area contributed by atoms with E-state index in [-0.39, 0.29) is 11.2 Å². The van der Waals surface area contributed by atoms with Gasteiger partial charge < -0.3 is 19.3 Å². The van der Waals surface area contributed by atoms with E-state index in [1.807, 2.05) is 56.3 Å². The molecule has 0 bridgehead atoms. The minimum atomic E-state index is -0.950. The van der Waals surface area contributed by atoms with Crippen LogP contribution in [-0.2, 0) is 13.0 Å². The molecule has 1 N–H and O–H groups in total. The third-order valence-corrected chi connectivity index (χ3v) is 5.31. The lowest BCUT2D eigenvalue weighted by Gasteiger charge is -2.34. The standard InChI is InChI=1S/C24H24O5/c1-24(2)11-10-18-20(23(25)26)13-19-17(22(18)29-24)8-5-9-21(19)28-14-15-6-4-7-16(12-15)27-3/h4-9,12-13H,10-11,14H2,1-3H3,(H,25,26). The van der Waals surface area contributed by atoms with Crippen LogP contribution in [0.25, 0.3) is 10.8 Å². The van der Waals surface area contributed by atoms with E-state index >= 15 is 0 Å². The van der Waals surface area contributed by atoms with Crippen LogP contribution in [0, 0.1) is 0 Å². The van der Waals surface area contributed by atoms with Crippen molar-refractivity contribution in [1.82, 2.24) is 0 Å². The Hall–Kier alpha value is -3.21. The molecule has 0 aromatic heterocycles. The van der Waals surface area contributed by atoms with Crippen molar-refractivity contribution >= 4 is 16.7 Å². The fourth-order valence-electron chi connectivity index (χ4n) is 3.77. The Morgan fingerprint density at radius 1 is 1.14 bits per heavy atom. The zero-order chi connectivity index (χ0) is 20.6. The Kier molecular flexibility index (Phi) is 4.82. The van der Waals surface area contributed by atoms with Gasteiger partial charge in [0.2, 0.25) is 0 Å². The van der Waals surface area contributed by atoms with Crippen molar-refractivity contribution in [2.75, 3.05) is 7.11 Å². The zero-order valence-electron chi connectivity index (χ0n) is 16.8. The summed E-state index contributed by atoms with van der Waals surface area (Å²) in [6.45, 7) is 4.40. The topological polar surface area (TPSA) is 65.0 Å². The first-order valence-electron chi connectivity index (χ1n) is 9.64. The number of methoxy groups -OCH3 is 1. The molecule has 0 unspecified atom stereocenters. The van der Waals surface area contributed by atoms with Gasteiger partial charge in [0, 0.05) is 16.3 Å². The molecule has 5 heteroatoms. The molecule has 1 aliphatic heterocycles. The highest BCUT2D eigenvalue weighted by Gasteiger charge is 2.31. The molecular weight excluding hydrogens is 368 g/mol. The summed E-state index contributed by atoms with van der Waals surface area (Å²) in [6.07, 6.45) is 1.45. The summed E-state index contributed by atoms with van der Waals surface area (Å²) in [5.74, 6) is 1.10. The van der Waals surface area contributed by atoms with Crippen molar-refractivity contribution in [1.29, 1.82) is 0 Å². The van der Waals surface area contributed by atoms with E-state index in [0.717, 1.165) is 34.1 Å². The van der Waals surface area contributed by atoms with Gasteiger partial charge in [0.25, 0.3) is 0 Å². The Morgan fingerprint density at radius 2 is 1.93 bits per heavy atom. The summed E-state index contributed by atoms with van der Waals surface area (Å²) in [4.78, 5) is 11.9. The number of rotatable bonds is 5. The minimum absolute atomic E-state index is 0.278. The zero-order valence-corrected chi connectivity index (χ0v) is 16.8. The van der Waals surface area contributed by atoms with Gasteiger partial charge in [-0.25, -0.2) is 4.79 Å². The fraction of sp³-hybridized carbons (Fsp3) is 0.292. The van der Waals surface area contributed by atoms with Crippen LogP contribution in [0.5, 0.6) is 17.2 Å². The molecule has 0 amide bonds. The van der Waals surface area contributed by atoms with Crippen molar-refractivity contribution in [2.45, 2.75) is 38.9 Å². The first-order valence-corrected chi connectivity index (χ1v) is 9.64. The molecule has 150 valence electrons. The lowest BCUT2D eigenvalue weighted by molar-refractivity contribution is 0.0677. The predicted octanol–water partition coefficient (Wildman–Crippen LogP) is 5.23. The summed E-state index contributed by atoms with van der Waals surface area (Å²) >= 11 is 0. The average molecular weight is 392 g/mol. The van der Waals surface area contributed by atoms with Crippen LogP contribution in [0.2, 0.25) is 0 Å². The normalized spacial score (nSPS) is 14.7. The molecule has 0 saturated heterocycles. The van der Waals surface area contributed by atoms with Gasteiger partial charge in [-0.15, -0.1) is 0 Å². The van der Waals surface area contributed by atoms with Crippen LogP contribution in [-0.4, -0.2) is 23.8 Å². The Balaban J connectivity index is 1.77. The molecule has 4 rings (SSSR count). The summed E-state index contributed by atoms with van der Waals surface area (Å²) in [7, 11) is 1.63. The fourth-order valence-corrected chi connectivity index (χ4v) is 3.77. The van der Waals surface area contributed by atoms with Crippen LogP contribution < -0.4 is 14.2 Å². The van der Waals surface area contributed by atoms with Gasteiger partial charge in [0.05, 0.1) is 12.7 Å². The summed E-state index contributed by atoms with van der Waals surface area (Å²) in [6, 6.07) is 15.1. The second-order valence-electron chi connectivity index (χ2n) is 7.89. The molecule has 5 nitrogen and oxygen atoms in total. The number of hydrogen-bond donors (Lipinski definition) is 1. The van der Waals surface area contributed by atoms with Crippen LogP contribution in [0.4, 0.5) is 0 Å². The molecule has 3 aromatic rings. The molecule has 0 saturated carbocycles. The van der Waals surface area contributed by atoms with E-state index in [0.29, 0.717) is 24.5 Å². The lowest BCUT2D eigenvalue weighted by Crippen LogP contribution is -2.33. The first-order chi connectivity index (χ1) is 13.9. The van der Waals surface area contributed by atoms with E-state index in [1.165, 1.54) is 0 Å². The van der Waals surface area contributed by atoms with Crippen molar-refractivity contribution in [3.8, 4) is 17.2 Å². The molecule has 0 atom stereocenters. The van der Waals surface area contributed by atoms with Crippen LogP contribution >= 0.6 is 0 Å². The molecule has 1 aliphatic rings. The summed E-state index contributed by atoms with van der Waals surface area (Å²) in [5.41, 5.74) is 1.67. The number of benzene rings is 3. The molecule has 1 heterocycles. The first kappa shape index (κ1) is 19.1. The maximum Gasteiger partial charge on any atom is 0.336 e.